The van der Waals surface area contributed by atoms with Crippen molar-refractivity contribution in [3.8, 4) is 0 Å². The molecule has 1 saturated heterocycles. The molecule has 4 saturated carbocycles. The molecular weight excluding hydrogens is 238 g/mol. The second-order valence-electron chi connectivity index (χ2n) is 6.77. The molecule has 0 aromatic rings. The first-order valence-electron chi connectivity index (χ1n) is 7.23. The standard InChI is InChI=1S/C14H20F2O2/c15-13(16)1-2-17-14(18-8-13)11-4-9-3-10(6-11)7-12(14)5-9/h9-12H,1-8H2. The van der Waals surface area contributed by atoms with Crippen LogP contribution in [0.25, 0.3) is 0 Å². The molecular formula is C14H20F2O2. The van der Waals surface area contributed by atoms with Crippen LogP contribution in [-0.2, 0) is 9.47 Å². The highest BCUT2D eigenvalue weighted by Crippen LogP contribution is 2.60. The summed E-state index contributed by atoms with van der Waals surface area (Å²) in [6.07, 6.45) is 5.65. The Morgan fingerprint density at radius 1 is 0.833 bits per heavy atom. The zero-order chi connectivity index (χ0) is 12.4. The molecule has 1 spiro atoms. The SMILES string of the molecule is FC1(F)CCOC2(OC1)C1CC3CC(C1)CC2C3. The Morgan fingerprint density at radius 2 is 1.44 bits per heavy atom. The van der Waals surface area contributed by atoms with Gasteiger partial charge in [0, 0.05) is 18.3 Å². The molecule has 18 heavy (non-hydrogen) atoms. The summed E-state index contributed by atoms with van der Waals surface area (Å²) < 4.78 is 38.5. The lowest BCUT2D eigenvalue weighted by Gasteiger charge is -2.59. The fourth-order valence-electron chi connectivity index (χ4n) is 5.00. The molecule has 2 nitrogen and oxygen atoms in total. The van der Waals surface area contributed by atoms with Gasteiger partial charge in [-0.2, -0.15) is 0 Å². The average molecular weight is 258 g/mol. The van der Waals surface area contributed by atoms with Crippen molar-refractivity contribution >= 4 is 0 Å². The van der Waals surface area contributed by atoms with Gasteiger partial charge in [-0.15, -0.1) is 0 Å². The summed E-state index contributed by atoms with van der Waals surface area (Å²) in [6, 6.07) is 0. The molecule has 0 aromatic carbocycles. The van der Waals surface area contributed by atoms with E-state index in [4.69, 9.17) is 9.47 Å². The van der Waals surface area contributed by atoms with Crippen LogP contribution < -0.4 is 0 Å². The smallest absolute Gasteiger partial charge is 0.273 e. The maximum absolute atomic E-state index is 13.5. The highest BCUT2D eigenvalue weighted by molar-refractivity contribution is 5.04. The summed E-state index contributed by atoms with van der Waals surface area (Å²) in [5, 5.41) is 0. The van der Waals surface area contributed by atoms with Gasteiger partial charge in [0.2, 0.25) is 0 Å². The van der Waals surface area contributed by atoms with E-state index in [9.17, 15) is 8.78 Å². The van der Waals surface area contributed by atoms with Crippen molar-refractivity contribution in [2.75, 3.05) is 13.2 Å². The van der Waals surface area contributed by atoms with Crippen LogP contribution in [-0.4, -0.2) is 24.9 Å². The van der Waals surface area contributed by atoms with Crippen molar-refractivity contribution in [1.29, 1.82) is 0 Å². The molecule has 1 aliphatic heterocycles. The molecule has 5 aliphatic rings. The first-order chi connectivity index (χ1) is 8.57. The Bertz CT molecular complexity index is 328. The molecule has 0 N–H and O–H groups in total. The molecule has 0 atom stereocenters. The van der Waals surface area contributed by atoms with Gasteiger partial charge in [0.15, 0.2) is 5.79 Å². The van der Waals surface area contributed by atoms with Gasteiger partial charge >= 0.3 is 0 Å². The molecule has 5 fully saturated rings. The third-order valence-electron chi connectivity index (χ3n) is 5.58. The Hall–Kier alpha value is -0.220. The van der Waals surface area contributed by atoms with Crippen LogP contribution in [0.5, 0.6) is 0 Å². The Kier molecular flexibility index (Phi) is 2.36. The van der Waals surface area contributed by atoms with Gasteiger partial charge in [-0.1, -0.05) is 0 Å². The third kappa shape index (κ3) is 1.58. The first-order valence-corrected chi connectivity index (χ1v) is 7.23. The monoisotopic (exact) mass is 258 g/mol. The lowest BCUT2D eigenvalue weighted by atomic mass is 9.53. The summed E-state index contributed by atoms with van der Waals surface area (Å²) in [5.41, 5.74) is 0. The van der Waals surface area contributed by atoms with Gasteiger partial charge in [-0.3, -0.25) is 0 Å². The minimum Gasteiger partial charge on any atom is -0.349 e. The molecule has 1 heterocycles. The van der Waals surface area contributed by atoms with Crippen molar-refractivity contribution in [2.24, 2.45) is 23.7 Å². The lowest BCUT2D eigenvalue weighted by molar-refractivity contribution is -0.335. The van der Waals surface area contributed by atoms with Crippen LogP contribution in [0.4, 0.5) is 8.78 Å². The highest BCUT2D eigenvalue weighted by atomic mass is 19.3. The van der Waals surface area contributed by atoms with Gasteiger partial charge in [-0.05, 0) is 43.9 Å². The number of hydrogen-bond donors (Lipinski definition) is 0. The van der Waals surface area contributed by atoms with E-state index in [-0.39, 0.29) is 13.0 Å². The number of hydrogen-bond acceptors (Lipinski definition) is 2. The van der Waals surface area contributed by atoms with E-state index >= 15 is 0 Å². The van der Waals surface area contributed by atoms with Gasteiger partial charge in [0.05, 0.1) is 6.61 Å². The van der Waals surface area contributed by atoms with Gasteiger partial charge in [0.25, 0.3) is 5.92 Å². The first kappa shape index (κ1) is 11.6. The highest BCUT2D eigenvalue weighted by Gasteiger charge is 2.60. The molecule has 4 heteroatoms. The molecule has 0 aromatic heterocycles. The lowest BCUT2D eigenvalue weighted by Crippen LogP contribution is -2.60. The number of rotatable bonds is 0. The largest absolute Gasteiger partial charge is 0.349 e. The third-order valence-corrected chi connectivity index (χ3v) is 5.58. The molecule has 0 radical (unpaired) electrons. The van der Waals surface area contributed by atoms with Gasteiger partial charge < -0.3 is 9.47 Å². The zero-order valence-electron chi connectivity index (χ0n) is 10.5. The number of halogens is 2. The summed E-state index contributed by atoms with van der Waals surface area (Å²) >= 11 is 0. The maximum Gasteiger partial charge on any atom is 0.273 e. The van der Waals surface area contributed by atoms with Crippen molar-refractivity contribution in [3.63, 3.8) is 0 Å². The zero-order valence-corrected chi connectivity index (χ0v) is 10.5. The minimum absolute atomic E-state index is 0.148. The summed E-state index contributed by atoms with van der Waals surface area (Å²) in [7, 11) is 0. The van der Waals surface area contributed by atoms with Crippen molar-refractivity contribution in [3.05, 3.63) is 0 Å². The van der Waals surface area contributed by atoms with E-state index in [0.717, 1.165) is 37.5 Å². The van der Waals surface area contributed by atoms with E-state index < -0.39 is 18.3 Å². The fourth-order valence-corrected chi connectivity index (χ4v) is 5.00. The normalized spacial score (nSPS) is 53.7. The maximum atomic E-state index is 13.5. The van der Waals surface area contributed by atoms with Gasteiger partial charge in [0.1, 0.15) is 6.61 Å². The minimum atomic E-state index is -2.71. The van der Waals surface area contributed by atoms with Crippen LogP contribution >= 0.6 is 0 Å². The van der Waals surface area contributed by atoms with Crippen molar-refractivity contribution in [1.82, 2.24) is 0 Å². The molecule has 102 valence electrons. The molecule has 0 amide bonds. The van der Waals surface area contributed by atoms with Crippen LogP contribution in [0.15, 0.2) is 0 Å². The molecule has 5 rings (SSSR count). The Balaban J connectivity index is 1.63. The Morgan fingerprint density at radius 3 is 2.06 bits per heavy atom. The second-order valence-corrected chi connectivity index (χ2v) is 6.77. The van der Waals surface area contributed by atoms with E-state index in [2.05, 4.69) is 0 Å². The van der Waals surface area contributed by atoms with E-state index in [1.54, 1.807) is 0 Å². The fraction of sp³-hybridized carbons (Fsp3) is 1.00. The Labute approximate surface area is 106 Å². The van der Waals surface area contributed by atoms with Crippen LogP contribution in [0.2, 0.25) is 0 Å². The number of alkyl halides is 2. The predicted molar refractivity (Wildman–Crippen MR) is 61.2 cm³/mol. The molecule has 4 bridgehead atoms. The quantitative estimate of drug-likeness (QED) is 0.664. The van der Waals surface area contributed by atoms with E-state index in [0.29, 0.717) is 11.8 Å². The molecule has 0 unspecified atom stereocenters. The van der Waals surface area contributed by atoms with Gasteiger partial charge in [-0.25, -0.2) is 8.78 Å². The van der Waals surface area contributed by atoms with Crippen LogP contribution in [0.1, 0.15) is 38.5 Å². The van der Waals surface area contributed by atoms with Crippen LogP contribution in [0, 0.1) is 23.7 Å². The van der Waals surface area contributed by atoms with Crippen LogP contribution in [0.3, 0.4) is 0 Å². The van der Waals surface area contributed by atoms with E-state index in [1.165, 1.54) is 6.42 Å². The summed E-state index contributed by atoms with van der Waals surface area (Å²) in [4.78, 5) is 0. The topological polar surface area (TPSA) is 18.5 Å². The van der Waals surface area contributed by atoms with Crippen molar-refractivity contribution in [2.45, 2.75) is 50.2 Å². The second kappa shape index (κ2) is 3.66. The van der Waals surface area contributed by atoms with E-state index in [1.807, 2.05) is 0 Å². The summed E-state index contributed by atoms with van der Waals surface area (Å²) in [5.74, 6) is -1.04. The molecule has 4 aliphatic carbocycles. The van der Waals surface area contributed by atoms with Crippen molar-refractivity contribution < 1.29 is 18.3 Å². The predicted octanol–water partition coefficient (Wildman–Crippen LogP) is 3.21. The number of ether oxygens (including phenoxy) is 2. The summed E-state index contributed by atoms with van der Waals surface area (Å²) in [6.45, 7) is -0.301. The average Bonchev–Trinajstić information content (AvgIpc) is 2.45.